The van der Waals surface area contributed by atoms with E-state index in [9.17, 15) is 4.79 Å². The molecule has 0 saturated heterocycles. The zero-order chi connectivity index (χ0) is 13.5. The minimum absolute atomic E-state index is 0.0850. The summed E-state index contributed by atoms with van der Waals surface area (Å²) < 4.78 is 0.903. The van der Waals surface area contributed by atoms with Gasteiger partial charge >= 0.3 is 0 Å². The van der Waals surface area contributed by atoms with Crippen LogP contribution in [0.3, 0.4) is 0 Å². The fourth-order valence-electron chi connectivity index (χ4n) is 1.54. The van der Waals surface area contributed by atoms with Crippen LogP contribution in [-0.4, -0.2) is 36.8 Å². The average Bonchev–Trinajstić information content (AvgIpc) is 2.26. The lowest BCUT2D eigenvalue weighted by Gasteiger charge is -2.09. The van der Waals surface area contributed by atoms with E-state index in [2.05, 4.69) is 26.6 Å². The van der Waals surface area contributed by atoms with Crippen molar-refractivity contribution in [1.82, 2.24) is 10.6 Å². The van der Waals surface area contributed by atoms with Gasteiger partial charge in [0.15, 0.2) is 0 Å². The van der Waals surface area contributed by atoms with Gasteiger partial charge in [0.1, 0.15) is 0 Å². The minimum atomic E-state index is -0.367. The lowest BCUT2D eigenvalue weighted by molar-refractivity contribution is 0.0953. The molecule has 5 heteroatoms. The summed E-state index contributed by atoms with van der Waals surface area (Å²) in [6.45, 7) is 5.38. The van der Waals surface area contributed by atoms with Crippen molar-refractivity contribution in [3.05, 3.63) is 33.8 Å². The van der Waals surface area contributed by atoms with Gasteiger partial charge in [0, 0.05) is 29.7 Å². The summed E-state index contributed by atoms with van der Waals surface area (Å²) in [6.07, 6.45) is -0.367. The van der Waals surface area contributed by atoms with E-state index in [0.717, 1.165) is 10.0 Å². The highest BCUT2D eigenvalue weighted by atomic mass is 79.9. The van der Waals surface area contributed by atoms with Crippen molar-refractivity contribution in [2.75, 3.05) is 19.6 Å². The first-order chi connectivity index (χ1) is 8.49. The number of carbonyl (C=O) groups excluding carboxylic acids is 1. The second kappa shape index (κ2) is 7.51. The van der Waals surface area contributed by atoms with Crippen molar-refractivity contribution >= 4 is 21.8 Å². The van der Waals surface area contributed by atoms with E-state index in [1.165, 1.54) is 0 Å². The van der Waals surface area contributed by atoms with E-state index in [-0.39, 0.29) is 12.0 Å². The summed E-state index contributed by atoms with van der Waals surface area (Å²) in [5.41, 5.74) is 1.69. The van der Waals surface area contributed by atoms with E-state index >= 15 is 0 Å². The molecule has 1 aromatic rings. The molecule has 0 saturated carbocycles. The van der Waals surface area contributed by atoms with E-state index in [0.29, 0.717) is 25.2 Å². The van der Waals surface area contributed by atoms with Crippen molar-refractivity contribution in [2.24, 2.45) is 0 Å². The van der Waals surface area contributed by atoms with Gasteiger partial charge in [0.2, 0.25) is 0 Å². The van der Waals surface area contributed by atoms with Gasteiger partial charge in [-0.25, -0.2) is 0 Å². The number of amides is 1. The number of rotatable bonds is 6. The molecule has 0 bridgehead atoms. The summed E-state index contributed by atoms with van der Waals surface area (Å²) in [6, 6.07) is 5.61. The first-order valence-corrected chi connectivity index (χ1v) is 6.72. The van der Waals surface area contributed by atoms with E-state index in [1.807, 2.05) is 19.1 Å². The molecule has 1 rings (SSSR count). The number of benzene rings is 1. The van der Waals surface area contributed by atoms with Crippen LogP contribution in [0.1, 0.15) is 22.8 Å². The second-order valence-electron chi connectivity index (χ2n) is 4.33. The molecule has 1 amide bonds. The maximum atomic E-state index is 11.8. The molecule has 18 heavy (non-hydrogen) atoms. The first kappa shape index (κ1) is 15.1. The Kier molecular flexibility index (Phi) is 6.32. The topological polar surface area (TPSA) is 61.4 Å². The molecule has 0 aliphatic heterocycles. The van der Waals surface area contributed by atoms with Gasteiger partial charge in [0.05, 0.1) is 6.10 Å². The van der Waals surface area contributed by atoms with Crippen LogP contribution in [0.4, 0.5) is 0 Å². The summed E-state index contributed by atoms with van der Waals surface area (Å²) in [4.78, 5) is 11.8. The molecule has 0 aromatic heterocycles. The second-order valence-corrected chi connectivity index (χ2v) is 5.24. The minimum Gasteiger partial charge on any atom is -0.392 e. The third kappa shape index (κ3) is 5.62. The Bertz CT molecular complexity index is 388. The highest BCUT2D eigenvalue weighted by Crippen LogP contribution is 2.15. The quantitative estimate of drug-likeness (QED) is 0.697. The zero-order valence-electron chi connectivity index (χ0n) is 10.7. The summed E-state index contributed by atoms with van der Waals surface area (Å²) in [5.74, 6) is -0.0850. The van der Waals surface area contributed by atoms with Crippen LogP contribution in [0.15, 0.2) is 22.7 Å². The maximum absolute atomic E-state index is 11.8. The number of aryl methyl sites for hydroxylation is 1. The molecule has 1 atom stereocenters. The Morgan fingerprint density at radius 2 is 2.11 bits per heavy atom. The highest BCUT2D eigenvalue weighted by Gasteiger charge is 2.06. The van der Waals surface area contributed by atoms with Crippen molar-refractivity contribution in [3.63, 3.8) is 0 Å². The van der Waals surface area contributed by atoms with Crippen molar-refractivity contribution in [3.8, 4) is 0 Å². The predicted octanol–water partition coefficient (Wildman–Crippen LogP) is 1.46. The molecule has 0 heterocycles. The monoisotopic (exact) mass is 314 g/mol. The van der Waals surface area contributed by atoms with Gasteiger partial charge in [-0.2, -0.15) is 0 Å². The fraction of sp³-hybridized carbons (Fsp3) is 0.462. The largest absolute Gasteiger partial charge is 0.392 e. The van der Waals surface area contributed by atoms with Gasteiger partial charge in [-0.1, -0.05) is 15.9 Å². The summed E-state index contributed by atoms with van der Waals surface area (Å²) >= 11 is 3.37. The molecule has 0 aliphatic carbocycles. The zero-order valence-corrected chi connectivity index (χ0v) is 12.3. The third-order valence-electron chi connectivity index (χ3n) is 2.33. The van der Waals surface area contributed by atoms with Crippen molar-refractivity contribution in [2.45, 2.75) is 20.0 Å². The van der Waals surface area contributed by atoms with Crippen LogP contribution in [-0.2, 0) is 0 Å². The molecule has 3 N–H and O–H groups in total. The van der Waals surface area contributed by atoms with Crippen LogP contribution in [0.25, 0.3) is 0 Å². The molecule has 0 aliphatic rings. The van der Waals surface area contributed by atoms with Crippen LogP contribution < -0.4 is 10.6 Å². The lowest BCUT2D eigenvalue weighted by Crippen LogP contribution is -2.34. The van der Waals surface area contributed by atoms with E-state index in [1.54, 1.807) is 13.0 Å². The van der Waals surface area contributed by atoms with Crippen LogP contribution in [0, 0.1) is 6.92 Å². The number of halogens is 1. The molecule has 0 fully saturated rings. The third-order valence-corrected chi connectivity index (χ3v) is 2.79. The number of hydrogen-bond acceptors (Lipinski definition) is 3. The predicted molar refractivity (Wildman–Crippen MR) is 75.8 cm³/mol. The van der Waals surface area contributed by atoms with Crippen molar-refractivity contribution < 1.29 is 9.90 Å². The number of hydrogen-bond donors (Lipinski definition) is 3. The van der Waals surface area contributed by atoms with Gasteiger partial charge in [-0.3, -0.25) is 4.79 Å². The first-order valence-electron chi connectivity index (χ1n) is 5.93. The SMILES string of the molecule is Cc1cc(Br)cc(C(=O)NCCNCC(C)O)c1. The van der Waals surface area contributed by atoms with Crippen LogP contribution in [0.5, 0.6) is 0 Å². The average molecular weight is 315 g/mol. The normalized spacial score (nSPS) is 12.2. The smallest absolute Gasteiger partial charge is 0.251 e. The molecule has 0 radical (unpaired) electrons. The van der Waals surface area contributed by atoms with Gasteiger partial charge in [-0.15, -0.1) is 0 Å². The fourth-order valence-corrected chi connectivity index (χ4v) is 2.15. The molecular weight excluding hydrogens is 296 g/mol. The molecular formula is C13H19BrN2O2. The number of aliphatic hydroxyl groups excluding tert-OH is 1. The van der Waals surface area contributed by atoms with Gasteiger partial charge in [-0.05, 0) is 37.6 Å². The van der Waals surface area contributed by atoms with Crippen molar-refractivity contribution in [1.29, 1.82) is 0 Å². The van der Waals surface area contributed by atoms with Crippen LogP contribution in [0.2, 0.25) is 0 Å². The van der Waals surface area contributed by atoms with Crippen LogP contribution >= 0.6 is 15.9 Å². The summed E-state index contributed by atoms with van der Waals surface area (Å²) in [5, 5.41) is 14.9. The lowest BCUT2D eigenvalue weighted by atomic mass is 10.1. The summed E-state index contributed by atoms with van der Waals surface area (Å²) in [7, 11) is 0. The Labute approximate surface area is 116 Å². The van der Waals surface area contributed by atoms with E-state index < -0.39 is 0 Å². The van der Waals surface area contributed by atoms with Gasteiger partial charge in [0.25, 0.3) is 5.91 Å². The number of nitrogens with one attached hydrogen (secondary N) is 2. The Balaban J connectivity index is 2.36. The Hall–Kier alpha value is -0.910. The molecule has 4 nitrogen and oxygen atoms in total. The number of aliphatic hydroxyl groups is 1. The van der Waals surface area contributed by atoms with E-state index in [4.69, 9.17) is 5.11 Å². The standard InChI is InChI=1S/C13H19BrN2O2/c1-9-5-11(7-12(14)6-9)13(18)16-4-3-15-8-10(2)17/h5-7,10,15,17H,3-4,8H2,1-2H3,(H,16,18). The maximum Gasteiger partial charge on any atom is 0.251 e. The molecule has 1 aromatic carbocycles. The molecule has 1 unspecified atom stereocenters. The van der Waals surface area contributed by atoms with Gasteiger partial charge < -0.3 is 15.7 Å². The molecule has 0 spiro atoms. The molecule has 100 valence electrons. The Morgan fingerprint density at radius 3 is 2.72 bits per heavy atom. The number of carbonyl (C=O) groups is 1. The Morgan fingerprint density at radius 1 is 1.39 bits per heavy atom. The highest BCUT2D eigenvalue weighted by molar-refractivity contribution is 9.10.